The number of benzene rings is 2. The number of ketones is 1. The highest BCUT2D eigenvalue weighted by molar-refractivity contribution is 7.80. The van der Waals surface area contributed by atoms with Gasteiger partial charge >= 0.3 is 0 Å². The topological polar surface area (TPSA) is 80.6 Å². The number of thiocarbonyl (C=S) groups is 1. The Balaban J connectivity index is 1.38. The van der Waals surface area contributed by atoms with E-state index in [1.54, 1.807) is 6.08 Å². The summed E-state index contributed by atoms with van der Waals surface area (Å²) in [6.07, 6.45) is 2.87. The van der Waals surface area contributed by atoms with Crippen LogP contribution >= 0.6 is 12.2 Å². The molecule has 0 bridgehead atoms. The van der Waals surface area contributed by atoms with Gasteiger partial charge in [-0.2, -0.15) is 0 Å². The summed E-state index contributed by atoms with van der Waals surface area (Å²) < 4.78 is 11.1. The van der Waals surface area contributed by atoms with E-state index in [2.05, 4.69) is 24.5 Å². The fraction of sp³-hybridized carbons (Fsp3) is 0.208. The van der Waals surface area contributed by atoms with Crippen LogP contribution in [0.5, 0.6) is 5.75 Å². The van der Waals surface area contributed by atoms with Crippen molar-refractivity contribution in [3.63, 3.8) is 0 Å². The zero-order valence-electron chi connectivity index (χ0n) is 17.4. The molecule has 0 saturated heterocycles. The highest BCUT2D eigenvalue weighted by Crippen LogP contribution is 2.20. The van der Waals surface area contributed by atoms with Crippen LogP contribution in [0.1, 0.15) is 31.1 Å². The standard InChI is InChI=1S/C24H24N2O4S/c1-16(2)17-7-9-20(10-8-17)29-15-19(27)14-25-24(31)26-23(28)12-11-21-13-18-5-3-4-6-22(18)30-21/h3-13,16H,14-15H2,1-2H3,(H2,25,26,28,31)/b12-11+. The van der Waals surface area contributed by atoms with E-state index >= 15 is 0 Å². The molecule has 0 radical (unpaired) electrons. The number of nitrogens with one attached hydrogen (secondary N) is 2. The quantitative estimate of drug-likeness (QED) is 0.407. The van der Waals surface area contributed by atoms with Crippen molar-refractivity contribution < 1.29 is 18.7 Å². The van der Waals surface area contributed by atoms with Crippen LogP contribution in [-0.4, -0.2) is 30.0 Å². The summed E-state index contributed by atoms with van der Waals surface area (Å²) >= 11 is 5.05. The Morgan fingerprint density at radius 1 is 1.13 bits per heavy atom. The van der Waals surface area contributed by atoms with E-state index in [0.29, 0.717) is 17.4 Å². The first kappa shape index (κ1) is 22.2. The molecule has 2 aromatic carbocycles. The number of carbonyl (C=O) groups excluding carboxylic acids is 2. The molecular weight excluding hydrogens is 412 g/mol. The molecule has 0 fully saturated rings. The number of para-hydroxylation sites is 1. The van der Waals surface area contributed by atoms with Gasteiger partial charge in [0.15, 0.2) is 10.9 Å². The molecule has 0 spiro atoms. The Kier molecular flexibility index (Phi) is 7.56. The van der Waals surface area contributed by atoms with Gasteiger partial charge in [-0.3, -0.25) is 14.9 Å². The molecule has 1 aromatic heterocycles. The van der Waals surface area contributed by atoms with E-state index in [0.717, 1.165) is 11.0 Å². The molecule has 0 unspecified atom stereocenters. The summed E-state index contributed by atoms with van der Waals surface area (Å²) in [5, 5.41) is 6.21. The predicted octanol–water partition coefficient (Wildman–Crippen LogP) is 4.21. The molecule has 7 heteroatoms. The highest BCUT2D eigenvalue weighted by Gasteiger charge is 2.07. The fourth-order valence-corrected chi connectivity index (χ4v) is 2.96. The van der Waals surface area contributed by atoms with Gasteiger partial charge in [0, 0.05) is 11.5 Å². The van der Waals surface area contributed by atoms with Crippen LogP contribution in [0.2, 0.25) is 0 Å². The largest absolute Gasteiger partial charge is 0.486 e. The summed E-state index contributed by atoms with van der Waals surface area (Å²) in [5.41, 5.74) is 1.95. The van der Waals surface area contributed by atoms with Gasteiger partial charge in [0.2, 0.25) is 5.91 Å². The van der Waals surface area contributed by atoms with Crippen molar-refractivity contribution in [1.82, 2.24) is 10.6 Å². The van der Waals surface area contributed by atoms with Gasteiger partial charge < -0.3 is 14.5 Å². The lowest BCUT2D eigenvalue weighted by molar-refractivity contribution is -0.120. The van der Waals surface area contributed by atoms with Gasteiger partial charge in [-0.1, -0.05) is 44.2 Å². The molecule has 1 heterocycles. The Morgan fingerprint density at radius 2 is 1.87 bits per heavy atom. The highest BCUT2D eigenvalue weighted by atomic mass is 32.1. The third-order valence-corrected chi connectivity index (χ3v) is 4.72. The first-order chi connectivity index (χ1) is 14.9. The van der Waals surface area contributed by atoms with Crippen LogP contribution in [0.15, 0.2) is 65.1 Å². The molecule has 3 aromatic rings. The smallest absolute Gasteiger partial charge is 0.250 e. The van der Waals surface area contributed by atoms with Crippen LogP contribution in [0.25, 0.3) is 17.0 Å². The number of furan rings is 1. The summed E-state index contributed by atoms with van der Waals surface area (Å²) in [4.78, 5) is 24.0. The van der Waals surface area contributed by atoms with E-state index in [1.165, 1.54) is 11.6 Å². The Morgan fingerprint density at radius 3 is 2.58 bits per heavy atom. The van der Waals surface area contributed by atoms with Crippen LogP contribution in [-0.2, 0) is 9.59 Å². The van der Waals surface area contributed by atoms with Gasteiger partial charge in [0.25, 0.3) is 0 Å². The average molecular weight is 437 g/mol. The van der Waals surface area contributed by atoms with E-state index in [4.69, 9.17) is 21.4 Å². The normalized spacial score (nSPS) is 11.1. The van der Waals surface area contributed by atoms with Gasteiger partial charge in [-0.05, 0) is 54.0 Å². The second-order valence-electron chi connectivity index (χ2n) is 7.24. The van der Waals surface area contributed by atoms with Crippen molar-refractivity contribution in [3.05, 3.63) is 72.0 Å². The van der Waals surface area contributed by atoms with Gasteiger partial charge in [-0.25, -0.2) is 0 Å². The number of hydrogen-bond donors (Lipinski definition) is 2. The molecule has 3 rings (SSSR count). The molecule has 160 valence electrons. The SMILES string of the molecule is CC(C)c1ccc(OCC(=O)CNC(=S)NC(=O)/C=C/c2cc3ccccc3o2)cc1. The van der Waals surface area contributed by atoms with Gasteiger partial charge in [0.1, 0.15) is 23.7 Å². The van der Waals surface area contributed by atoms with Crippen molar-refractivity contribution in [2.24, 2.45) is 0 Å². The lowest BCUT2D eigenvalue weighted by Crippen LogP contribution is -2.41. The van der Waals surface area contributed by atoms with E-state index in [-0.39, 0.29) is 24.0 Å². The zero-order valence-corrected chi connectivity index (χ0v) is 18.2. The number of Topliss-reactive ketones (excluding diaryl/α,β-unsaturated/α-hetero) is 1. The Bertz CT molecular complexity index is 1070. The molecule has 1 amide bonds. The van der Waals surface area contributed by atoms with E-state index in [1.807, 2.05) is 54.6 Å². The second-order valence-corrected chi connectivity index (χ2v) is 7.65. The predicted molar refractivity (Wildman–Crippen MR) is 125 cm³/mol. The van der Waals surface area contributed by atoms with Crippen LogP contribution in [0.3, 0.4) is 0 Å². The van der Waals surface area contributed by atoms with E-state index < -0.39 is 5.91 Å². The number of rotatable bonds is 8. The van der Waals surface area contributed by atoms with Crippen molar-refractivity contribution in [1.29, 1.82) is 0 Å². The first-order valence-electron chi connectivity index (χ1n) is 9.90. The number of hydrogen-bond acceptors (Lipinski definition) is 5. The van der Waals surface area contributed by atoms with Crippen LogP contribution in [0, 0.1) is 0 Å². The zero-order chi connectivity index (χ0) is 22.2. The summed E-state index contributed by atoms with van der Waals surface area (Å²) in [6.45, 7) is 4.09. The second kappa shape index (κ2) is 10.5. The van der Waals surface area contributed by atoms with Crippen molar-refractivity contribution in [3.8, 4) is 5.75 Å². The molecule has 31 heavy (non-hydrogen) atoms. The van der Waals surface area contributed by atoms with Crippen molar-refractivity contribution in [2.75, 3.05) is 13.2 Å². The number of amides is 1. The summed E-state index contributed by atoms with van der Waals surface area (Å²) in [6, 6.07) is 17.1. The number of ether oxygens (including phenoxy) is 1. The number of fused-ring (bicyclic) bond motifs is 1. The minimum absolute atomic E-state index is 0.0452. The minimum Gasteiger partial charge on any atom is -0.486 e. The maximum atomic E-state index is 12.0. The molecule has 0 saturated carbocycles. The lowest BCUT2D eigenvalue weighted by atomic mass is 10.0. The van der Waals surface area contributed by atoms with Crippen LogP contribution in [0.4, 0.5) is 0 Å². The maximum Gasteiger partial charge on any atom is 0.250 e. The molecular formula is C24H24N2O4S. The first-order valence-corrected chi connectivity index (χ1v) is 10.3. The Hall–Kier alpha value is -3.45. The fourth-order valence-electron chi connectivity index (χ4n) is 2.78. The summed E-state index contributed by atoms with van der Waals surface area (Å²) in [7, 11) is 0. The third kappa shape index (κ3) is 6.79. The lowest BCUT2D eigenvalue weighted by Gasteiger charge is -2.10. The maximum absolute atomic E-state index is 12.0. The van der Waals surface area contributed by atoms with Gasteiger partial charge in [0.05, 0.1) is 6.54 Å². The molecule has 0 aliphatic rings. The molecule has 0 atom stereocenters. The van der Waals surface area contributed by atoms with Crippen molar-refractivity contribution in [2.45, 2.75) is 19.8 Å². The molecule has 0 aliphatic heterocycles. The average Bonchev–Trinajstić information content (AvgIpc) is 3.18. The minimum atomic E-state index is -0.424. The Labute approximate surface area is 186 Å². The molecule has 0 aliphatic carbocycles. The summed E-state index contributed by atoms with van der Waals surface area (Å²) in [5.74, 6) is 1.01. The number of carbonyl (C=O) groups is 2. The van der Waals surface area contributed by atoms with Gasteiger partial charge in [-0.15, -0.1) is 0 Å². The monoisotopic (exact) mass is 436 g/mol. The third-order valence-electron chi connectivity index (χ3n) is 4.47. The van der Waals surface area contributed by atoms with Crippen molar-refractivity contribution >= 4 is 46.1 Å². The van der Waals surface area contributed by atoms with Crippen LogP contribution < -0.4 is 15.4 Å². The molecule has 6 nitrogen and oxygen atoms in total. The molecule has 2 N–H and O–H groups in total. The van der Waals surface area contributed by atoms with E-state index in [9.17, 15) is 9.59 Å².